The number of rotatable bonds is 5. The van der Waals surface area contributed by atoms with E-state index in [-0.39, 0.29) is 23.1 Å². The van der Waals surface area contributed by atoms with Gasteiger partial charge in [0.1, 0.15) is 5.60 Å². The molecule has 4 nitrogen and oxygen atoms in total. The Bertz CT molecular complexity index is 515. The molecule has 1 fully saturated rings. The predicted molar refractivity (Wildman–Crippen MR) is 75.6 cm³/mol. The molecule has 1 saturated heterocycles. The van der Waals surface area contributed by atoms with Gasteiger partial charge in [0.25, 0.3) is 11.7 Å². The number of hydrogen-bond acceptors (Lipinski definition) is 4. The van der Waals surface area contributed by atoms with Crippen LogP contribution in [0.4, 0.5) is 8.78 Å². The normalized spacial score (nSPS) is 25.3. The minimum atomic E-state index is -2.59. The average Bonchev–Trinajstić information content (AvgIpc) is 2.76. The van der Waals surface area contributed by atoms with Gasteiger partial charge in [0.2, 0.25) is 0 Å². The Balaban J connectivity index is 2.04. The van der Waals surface area contributed by atoms with Crippen molar-refractivity contribution in [1.29, 1.82) is 0 Å². The van der Waals surface area contributed by atoms with E-state index in [1.807, 2.05) is 0 Å². The van der Waals surface area contributed by atoms with Gasteiger partial charge >= 0.3 is 0 Å². The van der Waals surface area contributed by atoms with Crippen LogP contribution in [0, 0.1) is 0 Å². The minimum Gasteiger partial charge on any atom is -0.385 e. The third kappa shape index (κ3) is 3.93. The topological polar surface area (TPSA) is 58.6 Å². The lowest BCUT2D eigenvalue weighted by Crippen LogP contribution is -2.47. The summed E-state index contributed by atoms with van der Waals surface area (Å²) >= 11 is 0.330. The molecule has 0 bridgehead atoms. The molecule has 0 saturated carbocycles. The fourth-order valence-electron chi connectivity index (χ4n) is 2.18. The summed E-state index contributed by atoms with van der Waals surface area (Å²) in [6.45, 7) is 2.20. The van der Waals surface area contributed by atoms with Crippen molar-refractivity contribution in [3.05, 3.63) is 29.8 Å². The molecule has 0 aromatic heterocycles. The second-order valence-electron chi connectivity index (χ2n) is 4.92. The molecule has 1 aromatic carbocycles. The van der Waals surface area contributed by atoms with Gasteiger partial charge in [-0.05, 0) is 19.1 Å². The van der Waals surface area contributed by atoms with E-state index in [1.165, 1.54) is 12.1 Å². The molecular formula is C14H17F2NO3S. The van der Waals surface area contributed by atoms with Crippen molar-refractivity contribution in [3.8, 4) is 0 Å². The number of benzene rings is 1. The van der Waals surface area contributed by atoms with E-state index < -0.39 is 17.3 Å². The molecule has 0 spiro atoms. The van der Waals surface area contributed by atoms with Gasteiger partial charge < -0.3 is 15.2 Å². The first-order valence-electron chi connectivity index (χ1n) is 6.58. The number of halogens is 2. The maximum absolute atomic E-state index is 12.5. The fourth-order valence-corrected chi connectivity index (χ4v) is 2.82. The van der Waals surface area contributed by atoms with E-state index in [9.17, 15) is 18.7 Å². The SMILES string of the molecule is CC1OCCC1(O)CNC(=O)c1ccccc1SC(F)F. The van der Waals surface area contributed by atoms with Crippen molar-refractivity contribution in [2.75, 3.05) is 13.2 Å². The molecule has 1 heterocycles. The predicted octanol–water partition coefficient (Wildman–Crippen LogP) is 2.27. The van der Waals surface area contributed by atoms with E-state index in [4.69, 9.17) is 4.74 Å². The molecule has 1 aromatic rings. The molecule has 21 heavy (non-hydrogen) atoms. The first-order chi connectivity index (χ1) is 9.92. The Hall–Kier alpha value is -1.18. The number of thioether (sulfide) groups is 1. The number of aliphatic hydroxyl groups is 1. The van der Waals surface area contributed by atoms with E-state index in [1.54, 1.807) is 19.1 Å². The Kier molecular flexibility index (Phi) is 5.18. The molecule has 1 aliphatic rings. The van der Waals surface area contributed by atoms with Crippen LogP contribution in [-0.4, -0.2) is 41.6 Å². The van der Waals surface area contributed by atoms with Crippen LogP contribution in [0.5, 0.6) is 0 Å². The van der Waals surface area contributed by atoms with E-state index in [0.717, 1.165) is 0 Å². The van der Waals surface area contributed by atoms with E-state index >= 15 is 0 Å². The summed E-state index contributed by atoms with van der Waals surface area (Å²) in [7, 11) is 0. The Labute approximate surface area is 125 Å². The van der Waals surface area contributed by atoms with Crippen LogP contribution in [0.2, 0.25) is 0 Å². The number of hydrogen-bond donors (Lipinski definition) is 2. The zero-order valence-electron chi connectivity index (χ0n) is 11.5. The van der Waals surface area contributed by atoms with Gasteiger partial charge in [-0.3, -0.25) is 4.79 Å². The minimum absolute atomic E-state index is 0.0285. The Morgan fingerprint density at radius 2 is 2.29 bits per heavy atom. The summed E-state index contributed by atoms with van der Waals surface area (Å²) in [6, 6.07) is 6.17. The highest BCUT2D eigenvalue weighted by Gasteiger charge is 2.39. The maximum Gasteiger partial charge on any atom is 0.288 e. The molecule has 2 unspecified atom stereocenters. The molecule has 0 radical (unpaired) electrons. The van der Waals surface area contributed by atoms with Gasteiger partial charge in [0.05, 0.1) is 11.7 Å². The third-order valence-electron chi connectivity index (χ3n) is 3.56. The summed E-state index contributed by atoms with van der Waals surface area (Å²) < 4.78 is 30.2. The monoisotopic (exact) mass is 317 g/mol. The number of alkyl halides is 2. The summed E-state index contributed by atoms with van der Waals surface area (Å²) in [5, 5.41) is 12.9. The number of nitrogens with one attached hydrogen (secondary N) is 1. The largest absolute Gasteiger partial charge is 0.385 e. The zero-order valence-corrected chi connectivity index (χ0v) is 12.3. The lowest BCUT2D eigenvalue weighted by molar-refractivity contribution is -0.0251. The first-order valence-corrected chi connectivity index (χ1v) is 7.46. The van der Waals surface area contributed by atoms with Crippen molar-refractivity contribution in [3.63, 3.8) is 0 Å². The number of carbonyl (C=O) groups excluding carboxylic acids is 1. The summed E-state index contributed by atoms with van der Waals surface area (Å²) in [5.74, 6) is -3.07. The quantitative estimate of drug-likeness (QED) is 0.818. The smallest absolute Gasteiger partial charge is 0.288 e. The van der Waals surface area contributed by atoms with Gasteiger partial charge in [0, 0.05) is 24.5 Å². The summed E-state index contributed by atoms with van der Waals surface area (Å²) in [6.07, 6.45) is 0.0606. The third-order valence-corrected chi connectivity index (χ3v) is 4.35. The van der Waals surface area contributed by atoms with Gasteiger partial charge in [-0.1, -0.05) is 23.9 Å². The second-order valence-corrected chi connectivity index (χ2v) is 5.96. The number of ether oxygens (including phenoxy) is 1. The zero-order chi connectivity index (χ0) is 15.5. The van der Waals surface area contributed by atoms with Crippen LogP contribution >= 0.6 is 11.8 Å². The van der Waals surface area contributed by atoms with Gasteiger partial charge in [-0.25, -0.2) is 0 Å². The van der Waals surface area contributed by atoms with Crippen molar-refractivity contribution in [2.45, 2.75) is 35.7 Å². The maximum atomic E-state index is 12.5. The van der Waals surface area contributed by atoms with E-state index in [2.05, 4.69) is 5.32 Å². The first kappa shape index (κ1) is 16.2. The molecule has 0 aliphatic carbocycles. The molecule has 116 valence electrons. The molecule has 1 amide bonds. The highest BCUT2D eigenvalue weighted by Crippen LogP contribution is 2.29. The second kappa shape index (κ2) is 6.72. The van der Waals surface area contributed by atoms with Crippen LogP contribution in [0.25, 0.3) is 0 Å². The van der Waals surface area contributed by atoms with Crippen molar-refractivity contribution < 1.29 is 23.4 Å². The Morgan fingerprint density at radius 3 is 2.90 bits per heavy atom. The van der Waals surface area contributed by atoms with Crippen LogP contribution in [0.1, 0.15) is 23.7 Å². The Morgan fingerprint density at radius 1 is 1.57 bits per heavy atom. The van der Waals surface area contributed by atoms with Gasteiger partial charge in [-0.2, -0.15) is 8.78 Å². The number of carbonyl (C=O) groups is 1. The van der Waals surface area contributed by atoms with Crippen LogP contribution in [0.15, 0.2) is 29.2 Å². The molecular weight excluding hydrogens is 300 g/mol. The standard InChI is InChI=1S/C14H17F2NO3S/c1-9-14(19,6-7-20-9)8-17-12(18)10-4-2-3-5-11(10)21-13(15)16/h2-5,9,13,19H,6-8H2,1H3,(H,17,18). The summed E-state index contributed by atoms with van der Waals surface area (Å²) in [4.78, 5) is 12.3. The highest BCUT2D eigenvalue weighted by molar-refractivity contribution is 7.99. The fraction of sp³-hybridized carbons (Fsp3) is 0.500. The summed E-state index contributed by atoms with van der Waals surface area (Å²) in [5.41, 5.74) is -0.932. The van der Waals surface area contributed by atoms with Crippen molar-refractivity contribution in [1.82, 2.24) is 5.32 Å². The highest BCUT2D eigenvalue weighted by atomic mass is 32.2. The molecule has 7 heteroatoms. The van der Waals surface area contributed by atoms with Crippen LogP contribution < -0.4 is 5.32 Å². The lowest BCUT2D eigenvalue weighted by Gasteiger charge is -2.26. The van der Waals surface area contributed by atoms with Crippen molar-refractivity contribution >= 4 is 17.7 Å². The van der Waals surface area contributed by atoms with Gasteiger partial charge in [0.15, 0.2) is 0 Å². The average molecular weight is 317 g/mol. The molecule has 2 N–H and O–H groups in total. The van der Waals surface area contributed by atoms with Crippen LogP contribution in [-0.2, 0) is 4.74 Å². The molecule has 2 atom stereocenters. The molecule has 2 rings (SSSR count). The van der Waals surface area contributed by atoms with Crippen molar-refractivity contribution in [2.24, 2.45) is 0 Å². The van der Waals surface area contributed by atoms with Crippen LogP contribution in [0.3, 0.4) is 0 Å². The molecule has 1 aliphatic heterocycles. The number of amides is 1. The lowest BCUT2D eigenvalue weighted by atomic mass is 9.96. The van der Waals surface area contributed by atoms with E-state index in [0.29, 0.717) is 24.8 Å². The van der Waals surface area contributed by atoms with Gasteiger partial charge in [-0.15, -0.1) is 0 Å².